The van der Waals surface area contributed by atoms with Gasteiger partial charge in [0.15, 0.2) is 11.0 Å². The minimum Gasteiger partial charge on any atom is -0.340 e. The van der Waals surface area contributed by atoms with Crippen molar-refractivity contribution in [1.82, 2.24) is 20.4 Å². The Morgan fingerprint density at radius 2 is 2.00 bits per heavy atom. The lowest BCUT2D eigenvalue weighted by molar-refractivity contribution is -0.115. The number of hydrogen-bond acceptors (Lipinski definition) is 7. The van der Waals surface area contributed by atoms with Crippen molar-refractivity contribution in [1.29, 1.82) is 0 Å². The Labute approximate surface area is 151 Å². The molecule has 0 atom stereocenters. The maximum absolute atomic E-state index is 12.4. The molecule has 0 bridgehead atoms. The number of nitrogens with one attached hydrogen (secondary N) is 2. The number of carbonyl (C=O) groups excluding carboxylic acids is 1. The summed E-state index contributed by atoms with van der Waals surface area (Å²) in [6.07, 6.45) is 6.08. The maximum atomic E-state index is 12.4. The van der Waals surface area contributed by atoms with Crippen LogP contribution >= 0.6 is 11.3 Å². The van der Waals surface area contributed by atoms with Gasteiger partial charge in [0, 0.05) is 11.8 Å². The monoisotopic (exact) mass is 363 g/mol. The van der Waals surface area contributed by atoms with Crippen LogP contribution in [0, 0.1) is 13.8 Å². The van der Waals surface area contributed by atoms with E-state index in [9.17, 15) is 4.79 Å². The third kappa shape index (κ3) is 4.07. The molecular formula is C17H25N5O2S. The Hall–Kier alpha value is -1.80. The second-order valence-corrected chi connectivity index (χ2v) is 7.76. The summed E-state index contributed by atoms with van der Waals surface area (Å²) in [7, 11) is 0. The summed E-state index contributed by atoms with van der Waals surface area (Å²) in [6, 6.07) is 0. The van der Waals surface area contributed by atoms with Gasteiger partial charge in [0.1, 0.15) is 0 Å². The average Bonchev–Trinajstić information content (AvgIpc) is 3.19. The zero-order valence-electron chi connectivity index (χ0n) is 15.0. The Morgan fingerprint density at radius 1 is 1.24 bits per heavy atom. The quantitative estimate of drug-likeness (QED) is 0.819. The van der Waals surface area contributed by atoms with Crippen LogP contribution in [0.4, 0.5) is 5.13 Å². The molecule has 1 amide bonds. The second kappa shape index (κ2) is 7.61. The van der Waals surface area contributed by atoms with Gasteiger partial charge in [0.2, 0.25) is 11.8 Å². The van der Waals surface area contributed by atoms with Crippen molar-refractivity contribution in [2.45, 2.75) is 64.8 Å². The van der Waals surface area contributed by atoms with Gasteiger partial charge in [-0.2, -0.15) is 4.98 Å². The zero-order valence-corrected chi connectivity index (χ0v) is 15.8. The van der Waals surface area contributed by atoms with Gasteiger partial charge in [-0.1, -0.05) is 31.3 Å². The highest BCUT2D eigenvalue weighted by Crippen LogP contribution is 2.35. The van der Waals surface area contributed by atoms with E-state index in [1.54, 1.807) is 6.92 Å². The minimum absolute atomic E-state index is 0.0958. The zero-order chi connectivity index (χ0) is 17.9. The van der Waals surface area contributed by atoms with Gasteiger partial charge in [-0.05, 0) is 26.2 Å². The molecule has 0 saturated heterocycles. The third-order valence-electron chi connectivity index (χ3n) is 4.72. The molecule has 2 aromatic heterocycles. The molecule has 0 radical (unpaired) electrons. The number of thiazole rings is 1. The van der Waals surface area contributed by atoms with Crippen LogP contribution in [0.5, 0.6) is 0 Å². The average molecular weight is 363 g/mol. The van der Waals surface area contributed by atoms with Crippen LogP contribution in [-0.2, 0) is 16.8 Å². The maximum Gasteiger partial charge on any atom is 0.240 e. The van der Waals surface area contributed by atoms with Crippen molar-refractivity contribution >= 4 is 22.4 Å². The van der Waals surface area contributed by atoms with E-state index < -0.39 is 0 Å². The van der Waals surface area contributed by atoms with Crippen molar-refractivity contribution in [2.75, 3.05) is 11.9 Å². The normalized spacial score (nSPS) is 16.8. The lowest BCUT2D eigenvalue weighted by atomic mass is 9.81. The fraction of sp³-hybridized carbons (Fsp3) is 0.647. The Morgan fingerprint density at radius 3 is 2.60 bits per heavy atom. The third-order valence-corrected chi connectivity index (χ3v) is 5.65. The fourth-order valence-electron chi connectivity index (χ4n) is 3.35. The van der Waals surface area contributed by atoms with Crippen molar-refractivity contribution in [3.8, 4) is 0 Å². The molecule has 1 fully saturated rings. The van der Waals surface area contributed by atoms with Crippen LogP contribution in [-0.4, -0.2) is 27.6 Å². The molecule has 3 rings (SSSR count). The minimum atomic E-state index is -0.374. The van der Waals surface area contributed by atoms with Gasteiger partial charge in [0.25, 0.3) is 0 Å². The van der Waals surface area contributed by atoms with Crippen molar-refractivity contribution < 1.29 is 9.32 Å². The largest absolute Gasteiger partial charge is 0.340 e. The number of anilines is 1. The van der Waals surface area contributed by atoms with E-state index in [0.29, 0.717) is 16.8 Å². The topological polar surface area (TPSA) is 92.9 Å². The summed E-state index contributed by atoms with van der Waals surface area (Å²) in [4.78, 5) is 22.4. The smallest absolute Gasteiger partial charge is 0.240 e. The summed E-state index contributed by atoms with van der Waals surface area (Å²) < 4.78 is 5.16. The highest BCUT2D eigenvalue weighted by molar-refractivity contribution is 7.15. The Kier molecular flexibility index (Phi) is 5.48. The summed E-state index contributed by atoms with van der Waals surface area (Å²) >= 11 is 1.52. The fourth-order valence-corrected chi connectivity index (χ4v) is 4.27. The van der Waals surface area contributed by atoms with E-state index in [-0.39, 0.29) is 18.0 Å². The Balaban J connectivity index is 1.65. The van der Waals surface area contributed by atoms with Crippen molar-refractivity contribution in [2.24, 2.45) is 0 Å². The number of aromatic nitrogens is 3. The van der Waals surface area contributed by atoms with E-state index >= 15 is 0 Å². The summed E-state index contributed by atoms with van der Waals surface area (Å²) in [5, 5.41) is 11.1. The van der Waals surface area contributed by atoms with Gasteiger partial charge in [-0.15, -0.1) is 11.3 Å². The van der Waals surface area contributed by atoms with Gasteiger partial charge in [-0.25, -0.2) is 4.98 Å². The molecule has 7 nitrogen and oxygen atoms in total. The van der Waals surface area contributed by atoms with E-state index in [1.807, 2.05) is 6.92 Å². The Bertz CT molecular complexity index is 733. The van der Waals surface area contributed by atoms with Gasteiger partial charge >= 0.3 is 0 Å². The molecule has 1 saturated carbocycles. The first-order valence-corrected chi connectivity index (χ1v) is 9.66. The van der Waals surface area contributed by atoms with Crippen LogP contribution in [0.15, 0.2) is 4.52 Å². The molecular weight excluding hydrogens is 338 g/mol. The second-order valence-electron chi connectivity index (χ2n) is 6.56. The molecule has 1 aliphatic carbocycles. The van der Waals surface area contributed by atoms with Gasteiger partial charge in [0.05, 0.1) is 17.8 Å². The molecule has 2 N–H and O–H groups in total. The van der Waals surface area contributed by atoms with E-state index in [1.165, 1.54) is 17.8 Å². The molecule has 0 aromatic carbocycles. The number of nitrogens with zero attached hydrogens (tertiary/aromatic N) is 3. The number of rotatable bonds is 6. The molecule has 8 heteroatoms. The highest BCUT2D eigenvalue weighted by Gasteiger charge is 2.38. The molecule has 25 heavy (non-hydrogen) atoms. The number of hydrogen-bond donors (Lipinski definition) is 2. The van der Waals surface area contributed by atoms with E-state index in [4.69, 9.17) is 4.52 Å². The van der Waals surface area contributed by atoms with Crippen LogP contribution in [0.25, 0.3) is 0 Å². The van der Waals surface area contributed by atoms with Crippen LogP contribution in [0.1, 0.15) is 61.3 Å². The first-order chi connectivity index (χ1) is 12.0. The summed E-state index contributed by atoms with van der Waals surface area (Å²) in [5.41, 5.74) is 0.667. The lowest BCUT2D eigenvalue weighted by Crippen LogP contribution is -2.48. The van der Waals surface area contributed by atoms with Crippen molar-refractivity contribution in [3.05, 3.63) is 22.3 Å². The molecule has 0 aliphatic heterocycles. The number of carbonyl (C=O) groups is 1. The number of aryl methyl sites for hydroxylation is 3. The van der Waals surface area contributed by atoms with Gasteiger partial charge < -0.3 is 9.84 Å². The molecule has 0 unspecified atom stereocenters. The van der Waals surface area contributed by atoms with E-state index in [0.717, 1.165) is 42.7 Å². The molecule has 2 aromatic rings. The van der Waals surface area contributed by atoms with Crippen molar-refractivity contribution in [3.63, 3.8) is 0 Å². The van der Waals surface area contributed by atoms with Crippen LogP contribution < -0.4 is 10.6 Å². The molecule has 1 aliphatic rings. The molecule has 136 valence electrons. The first-order valence-electron chi connectivity index (χ1n) is 8.84. The predicted molar refractivity (Wildman–Crippen MR) is 96.7 cm³/mol. The predicted octanol–water partition coefficient (Wildman–Crippen LogP) is 3.09. The summed E-state index contributed by atoms with van der Waals surface area (Å²) in [6.45, 7) is 6.08. The van der Waals surface area contributed by atoms with Crippen LogP contribution in [0.2, 0.25) is 0 Å². The van der Waals surface area contributed by atoms with E-state index in [2.05, 4.69) is 32.7 Å². The molecule has 2 heterocycles. The van der Waals surface area contributed by atoms with Crippen LogP contribution in [0.3, 0.4) is 0 Å². The van der Waals surface area contributed by atoms with Gasteiger partial charge in [-0.3, -0.25) is 10.1 Å². The molecule has 0 spiro atoms. The SMILES string of the molecule is CCc1nc(NC(=O)CNC2(c3noc(C)n3)CCCCC2)sc1C. The highest BCUT2D eigenvalue weighted by atomic mass is 32.1. The standard InChI is InChI=1S/C17H25N5O2S/c1-4-13-11(2)25-16(20-13)21-14(23)10-18-17(8-6-5-7-9-17)15-19-12(3)24-22-15/h18H,4-10H2,1-3H3,(H,20,21,23). The number of amides is 1. The summed E-state index contributed by atoms with van der Waals surface area (Å²) in [5.74, 6) is 1.12. The first kappa shape index (κ1) is 18.0. The lowest BCUT2D eigenvalue weighted by Gasteiger charge is -2.35.